The van der Waals surface area contributed by atoms with Crippen molar-refractivity contribution < 1.29 is 0 Å². The van der Waals surface area contributed by atoms with E-state index in [9.17, 15) is 0 Å². The van der Waals surface area contributed by atoms with Crippen LogP contribution in [-0.4, -0.2) is 9.31 Å². The summed E-state index contributed by atoms with van der Waals surface area (Å²) in [6.07, 6.45) is 3.99. The SMILES string of the molecule is C1=C\c2ccccc2-c2ccccc2[Si]=N/1. The number of nitrogens with zero attached hydrogens (tertiary/aromatic N) is 1. The molecule has 0 aliphatic carbocycles. The summed E-state index contributed by atoms with van der Waals surface area (Å²) in [7, 11) is 0.512. The first kappa shape index (κ1) is 9.42. The van der Waals surface area contributed by atoms with Crippen molar-refractivity contribution in [3.05, 3.63) is 60.3 Å². The van der Waals surface area contributed by atoms with Gasteiger partial charge in [-0.15, -0.1) is 0 Å². The average Bonchev–Trinajstić information content (AvgIpc) is 2.33. The van der Waals surface area contributed by atoms with Crippen LogP contribution in [0.4, 0.5) is 0 Å². The molecule has 0 saturated heterocycles. The summed E-state index contributed by atoms with van der Waals surface area (Å²) in [5.41, 5.74) is 3.85. The molecule has 2 aromatic carbocycles. The van der Waals surface area contributed by atoms with E-state index in [1.807, 2.05) is 6.20 Å². The second-order valence-electron chi connectivity index (χ2n) is 3.69. The molecule has 0 bridgehead atoms. The Kier molecular flexibility index (Phi) is 2.35. The molecule has 75 valence electrons. The van der Waals surface area contributed by atoms with Gasteiger partial charge in [0.25, 0.3) is 0 Å². The van der Waals surface area contributed by atoms with E-state index in [2.05, 4.69) is 59.2 Å². The minimum absolute atomic E-state index is 0.512. The van der Waals surface area contributed by atoms with Crippen LogP contribution in [0.2, 0.25) is 0 Å². The number of rotatable bonds is 0. The minimum atomic E-state index is 0.512. The van der Waals surface area contributed by atoms with Crippen LogP contribution in [0.25, 0.3) is 17.2 Å². The molecule has 0 unspecified atom stereocenters. The van der Waals surface area contributed by atoms with Crippen molar-refractivity contribution in [1.29, 1.82) is 0 Å². The summed E-state index contributed by atoms with van der Waals surface area (Å²) >= 11 is 0. The molecule has 1 radical (unpaired) electrons. The highest BCUT2D eigenvalue weighted by Gasteiger charge is 2.07. The smallest absolute Gasteiger partial charge is 0.196 e. The molecular weight excluding hydrogens is 210 g/mol. The van der Waals surface area contributed by atoms with Gasteiger partial charge in [-0.05, 0) is 28.0 Å². The summed E-state index contributed by atoms with van der Waals surface area (Å²) in [6, 6.07) is 17.0. The zero-order valence-corrected chi connectivity index (χ0v) is 9.72. The highest BCUT2D eigenvalue weighted by Crippen LogP contribution is 2.23. The lowest BCUT2D eigenvalue weighted by Crippen LogP contribution is -2.11. The molecule has 1 aliphatic rings. The number of fused-ring (bicyclic) bond motifs is 3. The first-order valence-corrected chi connectivity index (χ1v) is 6.21. The average molecular weight is 220 g/mol. The normalized spacial score (nSPS) is 14.5. The molecule has 0 saturated carbocycles. The van der Waals surface area contributed by atoms with Crippen LogP contribution in [0.5, 0.6) is 0 Å². The molecule has 1 heterocycles. The largest absolute Gasteiger partial charge is 0.302 e. The molecule has 0 fully saturated rings. The van der Waals surface area contributed by atoms with Crippen molar-refractivity contribution in [3.63, 3.8) is 0 Å². The van der Waals surface area contributed by atoms with Crippen LogP contribution < -0.4 is 5.19 Å². The zero-order chi connectivity index (χ0) is 10.8. The van der Waals surface area contributed by atoms with Gasteiger partial charge in [-0.1, -0.05) is 48.5 Å². The highest BCUT2D eigenvalue weighted by molar-refractivity contribution is 6.45. The van der Waals surface area contributed by atoms with E-state index in [4.69, 9.17) is 0 Å². The molecule has 1 aliphatic heterocycles. The minimum Gasteiger partial charge on any atom is -0.302 e. The van der Waals surface area contributed by atoms with Gasteiger partial charge in [0.05, 0.1) is 0 Å². The van der Waals surface area contributed by atoms with Crippen LogP contribution >= 0.6 is 0 Å². The predicted molar refractivity (Wildman–Crippen MR) is 68.7 cm³/mol. The zero-order valence-electron chi connectivity index (χ0n) is 8.72. The third kappa shape index (κ3) is 1.57. The van der Waals surface area contributed by atoms with Crippen molar-refractivity contribution in [3.8, 4) is 11.1 Å². The van der Waals surface area contributed by atoms with Crippen molar-refractivity contribution in [2.45, 2.75) is 0 Å². The van der Waals surface area contributed by atoms with Gasteiger partial charge in [0.2, 0.25) is 0 Å². The Hall–Kier alpha value is -1.80. The molecule has 0 amide bonds. The maximum absolute atomic E-state index is 4.42. The molecule has 3 rings (SSSR count). The van der Waals surface area contributed by atoms with Crippen molar-refractivity contribution in [2.24, 2.45) is 4.63 Å². The van der Waals surface area contributed by atoms with Crippen molar-refractivity contribution in [2.75, 3.05) is 0 Å². The first-order chi connectivity index (χ1) is 7.95. The second-order valence-corrected chi connectivity index (χ2v) is 4.71. The van der Waals surface area contributed by atoms with Gasteiger partial charge in [0.15, 0.2) is 9.31 Å². The maximum Gasteiger partial charge on any atom is 0.196 e. The third-order valence-corrected chi connectivity index (χ3v) is 3.65. The summed E-state index contributed by atoms with van der Waals surface area (Å²) in [6.45, 7) is 0. The van der Waals surface area contributed by atoms with E-state index in [0.29, 0.717) is 9.31 Å². The fourth-order valence-corrected chi connectivity index (χ4v) is 2.72. The molecule has 0 aromatic heterocycles. The maximum atomic E-state index is 4.42. The van der Waals surface area contributed by atoms with Gasteiger partial charge in [0.1, 0.15) is 0 Å². The Morgan fingerprint density at radius 1 is 0.812 bits per heavy atom. The van der Waals surface area contributed by atoms with Crippen LogP contribution in [0.15, 0.2) is 59.4 Å². The van der Waals surface area contributed by atoms with E-state index in [-0.39, 0.29) is 0 Å². The first-order valence-electron chi connectivity index (χ1n) is 5.26. The fraction of sp³-hybridized carbons (Fsp3) is 0. The van der Waals surface area contributed by atoms with E-state index in [1.165, 1.54) is 21.9 Å². The molecule has 0 N–H and O–H groups in total. The van der Waals surface area contributed by atoms with Gasteiger partial charge >= 0.3 is 0 Å². The lowest BCUT2D eigenvalue weighted by molar-refractivity contribution is 1.56. The van der Waals surface area contributed by atoms with Gasteiger partial charge < -0.3 is 4.63 Å². The number of hydrogen-bond donors (Lipinski definition) is 0. The van der Waals surface area contributed by atoms with Gasteiger partial charge in [-0.3, -0.25) is 0 Å². The summed E-state index contributed by atoms with van der Waals surface area (Å²) in [4.78, 5) is 0. The number of hydrogen-bond acceptors (Lipinski definition) is 1. The van der Waals surface area contributed by atoms with Gasteiger partial charge in [-0.2, -0.15) is 0 Å². The second kappa shape index (κ2) is 3.98. The summed E-state index contributed by atoms with van der Waals surface area (Å²) in [5.74, 6) is 0. The Morgan fingerprint density at radius 3 is 2.50 bits per heavy atom. The highest BCUT2D eigenvalue weighted by atomic mass is 28.2. The summed E-state index contributed by atoms with van der Waals surface area (Å²) < 4.78 is 4.42. The Balaban J connectivity index is 2.34. The molecule has 0 spiro atoms. The molecule has 2 aromatic rings. The Bertz CT molecular complexity index is 531. The standard InChI is InChI=1S/C14H10NSi/c1-2-6-12-11(5-1)9-10-15-16-14-8-4-3-7-13(12)14/h1-10H/b10-9-,11-9?,13-12?,15-10?,16-14?,16-15?. The van der Waals surface area contributed by atoms with Gasteiger partial charge in [-0.25, -0.2) is 0 Å². The Morgan fingerprint density at radius 2 is 1.56 bits per heavy atom. The third-order valence-electron chi connectivity index (χ3n) is 2.69. The topological polar surface area (TPSA) is 12.4 Å². The van der Waals surface area contributed by atoms with Crippen LogP contribution in [0.3, 0.4) is 0 Å². The number of benzene rings is 2. The van der Waals surface area contributed by atoms with Crippen LogP contribution in [-0.2, 0) is 0 Å². The van der Waals surface area contributed by atoms with Crippen LogP contribution in [0.1, 0.15) is 5.56 Å². The molecular formula is C14H10NSi. The quantitative estimate of drug-likeness (QED) is 0.605. The molecule has 16 heavy (non-hydrogen) atoms. The van der Waals surface area contributed by atoms with E-state index >= 15 is 0 Å². The lowest BCUT2D eigenvalue weighted by atomic mass is 9.99. The molecule has 2 heteroatoms. The summed E-state index contributed by atoms with van der Waals surface area (Å²) in [5, 5.41) is 1.32. The molecule has 0 atom stereocenters. The molecule has 1 nitrogen and oxygen atoms in total. The fourth-order valence-electron chi connectivity index (χ4n) is 1.93. The monoisotopic (exact) mass is 220 g/mol. The van der Waals surface area contributed by atoms with E-state index in [0.717, 1.165) is 0 Å². The lowest BCUT2D eigenvalue weighted by Gasteiger charge is -2.10. The van der Waals surface area contributed by atoms with E-state index in [1.54, 1.807) is 0 Å². The van der Waals surface area contributed by atoms with Crippen molar-refractivity contribution in [1.82, 2.24) is 0 Å². The van der Waals surface area contributed by atoms with Gasteiger partial charge in [0, 0.05) is 6.20 Å². The predicted octanol–water partition coefficient (Wildman–Crippen LogP) is 2.85. The Labute approximate surface area is 97.0 Å². The van der Waals surface area contributed by atoms with E-state index < -0.39 is 0 Å². The van der Waals surface area contributed by atoms with Crippen molar-refractivity contribution >= 4 is 20.6 Å². The van der Waals surface area contributed by atoms with Crippen LogP contribution in [0, 0.1) is 0 Å².